The van der Waals surface area contributed by atoms with Gasteiger partial charge in [0.1, 0.15) is 6.61 Å². The second kappa shape index (κ2) is 5.61. The Hall–Kier alpha value is -0.0200. The first-order valence-corrected chi connectivity index (χ1v) is 4.51. The fraction of sp³-hybridized carbons (Fsp3) is 0.800. The van der Waals surface area contributed by atoms with Crippen LogP contribution in [0.2, 0.25) is 0 Å². The Morgan fingerprint density at radius 1 is 1.73 bits per heavy atom. The highest BCUT2D eigenvalue weighted by molar-refractivity contribution is 7.33. The van der Waals surface area contributed by atoms with Crippen LogP contribution in [0.15, 0.2) is 0 Å². The minimum atomic E-state index is -2.21. The molecule has 0 radical (unpaired) electrons. The summed E-state index contributed by atoms with van der Waals surface area (Å²) in [5.41, 5.74) is 0. The lowest BCUT2D eigenvalue weighted by Gasteiger charge is -1.93. The van der Waals surface area contributed by atoms with Crippen LogP contribution in [0.1, 0.15) is 13.8 Å². The number of rotatable bonds is 5. The van der Waals surface area contributed by atoms with Crippen molar-refractivity contribution in [3.8, 4) is 0 Å². The van der Waals surface area contributed by atoms with Gasteiger partial charge in [0.15, 0.2) is 6.10 Å². The predicted octanol–water partition coefficient (Wildman–Crippen LogP) is 1.85. The lowest BCUT2D eigenvalue weighted by atomic mass is 10.5. The molecule has 0 heterocycles. The Kier molecular flexibility index (Phi) is 5.60. The number of hydrogen-bond acceptors (Lipinski definition) is 4. The highest BCUT2D eigenvalue weighted by Crippen LogP contribution is 2.25. The van der Waals surface area contributed by atoms with Gasteiger partial charge in [-0.2, -0.15) is 0 Å². The molecule has 0 amide bonds. The molecule has 0 bridgehead atoms. The zero-order valence-electron chi connectivity index (χ0n) is 6.24. The van der Waals surface area contributed by atoms with E-state index in [4.69, 9.17) is 11.6 Å². The lowest BCUT2D eigenvalue weighted by molar-refractivity contribution is -0.117. The van der Waals surface area contributed by atoms with Crippen LogP contribution < -0.4 is 0 Å². The van der Waals surface area contributed by atoms with Gasteiger partial charge in [0.25, 0.3) is 5.24 Å². The van der Waals surface area contributed by atoms with Gasteiger partial charge in [-0.3, -0.25) is 4.79 Å². The third-order valence-corrected chi connectivity index (χ3v) is 2.06. The molecule has 0 spiro atoms. The van der Waals surface area contributed by atoms with Crippen molar-refractivity contribution in [3.05, 3.63) is 0 Å². The van der Waals surface area contributed by atoms with Crippen molar-refractivity contribution in [3.63, 3.8) is 0 Å². The molecule has 2 atom stereocenters. The second-order valence-electron chi connectivity index (χ2n) is 1.69. The monoisotopic (exact) mass is 199 g/mol. The van der Waals surface area contributed by atoms with Gasteiger partial charge in [-0.05, 0) is 25.4 Å². The molecule has 0 fully saturated rings. The standard InChI is InChI=1S/C5H9ClO4P/c1-3-9-11(8)10-4(2)5(6)7/h4H,3H2,1-2H3/q+1. The number of carbonyl (C=O) groups excluding carboxylic acids is 1. The summed E-state index contributed by atoms with van der Waals surface area (Å²) < 4.78 is 19.7. The number of halogens is 1. The van der Waals surface area contributed by atoms with E-state index < -0.39 is 19.6 Å². The topological polar surface area (TPSA) is 52.6 Å². The summed E-state index contributed by atoms with van der Waals surface area (Å²) in [7, 11) is -2.21. The van der Waals surface area contributed by atoms with E-state index in [0.29, 0.717) is 0 Å². The zero-order chi connectivity index (χ0) is 8.85. The first-order valence-electron chi connectivity index (χ1n) is 3.04. The summed E-state index contributed by atoms with van der Waals surface area (Å²) in [6.07, 6.45) is -0.883. The Bertz CT molecular complexity index is 161. The highest BCUT2D eigenvalue weighted by atomic mass is 35.5. The minimum absolute atomic E-state index is 0.276. The molecule has 0 aliphatic carbocycles. The molecular weight excluding hydrogens is 190 g/mol. The quantitative estimate of drug-likeness (QED) is 0.501. The third-order valence-electron chi connectivity index (χ3n) is 0.798. The van der Waals surface area contributed by atoms with Crippen LogP contribution in [0.3, 0.4) is 0 Å². The Labute approximate surface area is 70.8 Å². The maximum Gasteiger partial charge on any atom is 0.698 e. The summed E-state index contributed by atoms with van der Waals surface area (Å²) in [6.45, 7) is 3.35. The van der Waals surface area contributed by atoms with Crippen LogP contribution in [0.4, 0.5) is 0 Å². The highest BCUT2D eigenvalue weighted by Gasteiger charge is 2.27. The Morgan fingerprint density at radius 3 is 2.64 bits per heavy atom. The van der Waals surface area contributed by atoms with E-state index in [-0.39, 0.29) is 6.61 Å². The zero-order valence-corrected chi connectivity index (χ0v) is 7.89. The first kappa shape index (κ1) is 11.0. The van der Waals surface area contributed by atoms with Crippen LogP contribution in [0.25, 0.3) is 0 Å². The molecule has 0 aliphatic rings. The van der Waals surface area contributed by atoms with Crippen molar-refractivity contribution in [2.24, 2.45) is 0 Å². The summed E-state index contributed by atoms with van der Waals surface area (Å²) >= 11 is 5.02. The van der Waals surface area contributed by atoms with Gasteiger partial charge >= 0.3 is 8.25 Å². The molecule has 11 heavy (non-hydrogen) atoms. The largest absolute Gasteiger partial charge is 0.698 e. The number of carbonyl (C=O) groups is 1. The molecule has 64 valence electrons. The molecule has 0 aromatic carbocycles. The van der Waals surface area contributed by atoms with E-state index in [2.05, 4.69) is 9.05 Å². The smallest absolute Gasteiger partial charge is 0.278 e. The van der Waals surface area contributed by atoms with Crippen LogP contribution in [0, 0.1) is 0 Å². The minimum Gasteiger partial charge on any atom is -0.278 e. The molecule has 0 N–H and O–H groups in total. The fourth-order valence-corrected chi connectivity index (χ4v) is 1.04. The van der Waals surface area contributed by atoms with Gasteiger partial charge in [0.2, 0.25) is 0 Å². The van der Waals surface area contributed by atoms with Crippen LogP contribution >= 0.6 is 19.9 Å². The normalized spacial score (nSPS) is 14.3. The molecule has 0 rings (SSSR count). The summed E-state index contributed by atoms with van der Waals surface area (Å²) in [5.74, 6) is 0. The molecule has 0 saturated heterocycles. The van der Waals surface area contributed by atoms with Gasteiger partial charge in [-0.1, -0.05) is 0 Å². The lowest BCUT2D eigenvalue weighted by Crippen LogP contribution is -2.11. The van der Waals surface area contributed by atoms with Gasteiger partial charge in [-0.25, -0.2) is 0 Å². The average Bonchev–Trinajstić information content (AvgIpc) is 1.87. The molecule has 6 heteroatoms. The molecule has 0 saturated carbocycles. The first-order chi connectivity index (χ1) is 5.07. The molecular formula is C5H9ClO4P+. The maximum absolute atomic E-state index is 10.7. The molecule has 2 unspecified atom stereocenters. The van der Waals surface area contributed by atoms with E-state index in [1.54, 1.807) is 6.92 Å². The van der Waals surface area contributed by atoms with E-state index in [1.165, 1.54) is 6.92 Å². The van der Waals surface area contributed by atoms with Crippen molar-refractivity contribution >= 4 is 25.1 Å². The second-order valence-corrected chi connectivity index (χ2v) is 2.98. The van der Waals surface area contributed by atoms with E-state index in [1.807, 2.05) is 0 Å². The maximum atomic E-state index is 10.7. The molecule has 0 aromatic rings. The summed E-state index contributed by atoms with van der Waals surface area (Å²) in [4.78, 5) is 10.3. The van der Waals surface area contributed by atoms with E-state index in [9.17, 15) is 9.36 Å². The van der Waals surface area contributed by atoms with Crippen LogP contribution in [-0.2, 0) is 18.4 Å². The predicted molar refractivity (Wildman–Crippen MR) is 40.6 cm³/mol. The summed E-state index contributed by atoms with van der Waals surface area (Å²) in [6, 6.07) is 0. The average molecular weight is 200 g/mol. The van der Waals surface area contributed by atoms with E-state index >= 15 is 0 Å². The molecule has 0 aliphatic heterocycles. The fourth-order valence-electron chi connectivity index (χ4n) is 0.306. The van der Waals surface area contributed by atoms with Gasteiger partial charge in [0.05, 0.1) is 0 Å². The van der Waals surface area contributed by atoms with Gasteiger partial charge in [-0.15, -0.1) is 9.05 Å². The molecule has 4 nitrogen and oxygen atoms in total. The van der Waals surface area contributed by atoms with Gasteiger partial charge in [0, 0.05) is 4.57 Å². The van der Waals surface area contributed by atoms with Crippen molar-refractivity contribution < 1.29 is 18.4 Å². The van der Waals surface area contributed by atoms with Crippen molar-refractivity contribution in [1.29, 1.82) is 0 Å². The third kappa shape index (κ3) is 5.27. The SMILES string of the molecule is CCO[P+](=O)OC(C)C(=O)Cl. The summed E-state index contributed by atoms with van der Waals surface area (Å²) in [5, 5.41) is -0.687. The van der Waals surface area contributed by atoms with Crippen molar-refractivity contribution in [2.75, 3.05) is 6.61 Å². The van der Waals surface area contributed by atoms with Crippen molar-refractivity contribution in [1.82, 2.24) is 0 Å². The molecule has 0 aromatic heterocycles. The number of hydrogen-bond donors (Lipinski definition) is 0. The Balaban J connectivity index is 3.66. The van der Waals surface area contributed by atoms with Crippen LogP contribution in [0.5, 0.6) is 0 Å². The van der Waals surface area contributed by atoms with Crippen LogP contribution in [-0.4, -0.2) is 18.0 Å². The van der Waals surface area contributed by atoms with Gasteiger partial charge < -0.3 is 0 Å². The van der Waals surface area contributed by atoms with Crippen molar-refractivity contribution in [2.45, 2.75) is 20.0 Å². The van der Waals surface area contributed by atoms with E-state index in [0.717, 1.165) is 0 Å². The Morgan fingerprint density at radius 2 is 2.27 bits per heavy atom.